The number of nitrogens with one attached hydrogen (secondary N) is 1. The van der Waals surface area contributed by atoms with Crippen molar-refractivity contribution in [3.63, 3.8) is 0 Å². The first-order chi connectivity index (χ1) is 22.1. The van der Waals surface area contributed by atoms with E-state index in [2.05, 4.69) is 57.2 Å². The minimum Gasteiger partial charge on any atom is -0.504 e. The predicted octanol–water partition coefficient (Wildman–Crippen LogP) is 8.55. The van der Waals surface area contributed by atoms with Crippen LogP contribution in [0.4, 0.5) is 23.0 Å². The molecule has 46 heavy (non-hydrogen) atoms. The molecule has 4 heterocycles. The number of hydrogen-bond acceptors (Lipinski definition) is 9. The van der Waals surface area contributed by atoms with E-state index < -0.39 is 9.84 Å². The third kappa shape index (κ3) is 11.8. The van der Waals surface area contributed by atoms with Gasteiger partial charge in [-0.15, -0.1) is 0 Å². The monoisotopic (exact) mass is 658 g/mol. The fourth-order valence-corrected chi connectivity index (χ4v) is 5.58. The van der Waals surface area contributed by atoms with E-state index in [0.29, 0.717) is 31.9 Å². The summed E-state index contributed by atoms with van der Waals surface area (Å²) in [6.45, 7) is 27.0. The first kappa shape index (κ1) is 42.6. The molecular formula is C36H62N6O3S. The van der Waals surface area contributed by atoms with Gasteiger partial charge in [-0.25, -0.2) is 23.4 Å². The molecule has 0 saturated carbocycles. The van der Waals surface area contributed by atoms with E-state index in [1.165, 1.54) is 11.8 Å². The van der Waals surface area contributed by atoms with Crippen LogP contribution in [0.2, 0.25) is 0 Å². The Morgan fingerprint density at radius 2 is 1.57 bits per heavy atom. The van der Waals surface area contributed by atoms with Gasteiger partial charge in [0.25, 0.3) is 0 Å². The number of pyridine rings is 1. The van der Waals surface area contributed by atoms with E-state index in [0.717, 1.165) is 41.4 Å². The van der Waals surface area contributed by atoms with Crippen molar-refractivity contribution in [2.45, 2.75) is 108 Å². The lowest BCUT2D eigenvalue weighted by Crippen LogP contribution is -2.39. The quantitative estimate of drug-likeness (QED) is 0.269. The second-order valence-corrected chi connectivity index (χ2v) is 12.5. The molecule has 0 amide bonds. The lowest BCUT2D eigenvalue weighted by Gasteiger charge is -2.40. The first-order valence-electron chi connectivity index (χ1n) is 17.2. The summed E-state index contributed by atoms with van der Waals surface area (Å²) in [5.41, 5.74) is 5.17. The molecule has 0 unspecified atom stereocenters. The smallest absolute Gasteiger partial charge is 0.171 e. The van der Waals surface area contributed by atoms with E-state index in [1.54, 1.807) is 24.7 Å². The van der Waals surface area contributed by atoms with Gasteiger partial charge in [-0.3, -0.25) is 0 Å². The normalized spacial score (nSPS) is 13.8. The van der Waals surface area contributed by atoms with E-state index in [1.807, 2.05) is 74.1 Å². The Labute approximate surface area is 280 Å². The van der Waals surface area contributed by atoms with Crippen molar-refractivity contribution in [2.24, 2.45) is 0 Å². The molecule has 0 radical (unpaired) electrons. The van der Waals surface area contributed by atoms with Crippen molar-refractivity contribution in [2.75, 3.05) is 46.8 Å². The average Bonchev–Trinajstić information content (AvgIpc) is 3.08. The molecule has 10 heteroatoms. The molecule has 0 saturated heterocycles. The van der Waals surface area contributed by atoms with Crippen molar-refractivity contribution in [1.82, 2.24) is 15.0 Å². The SMILES string of the molecule is CC.CC.CC.CC.CC.CC1(C)CCN(CCS(C)(=O)=O)c2cc(Nc3ncnc4c3CCN(c3ncccc3O)C4)ccc21. The molecule has 0 aliphatic carbocycles. The van der Waals surface area contributed by atoms with Gasteiger partial charge in [0.05, 0.1) is 18.0 Å². The molecule has 2 aromatic heterocycles. The number of rotatable bonds is 6. The number of fused-ring (bicyclic) bond motifs is 2. The summed E-state index contributed by atoms with van der Waals surface area (Å²) in [4.78, 5) is 17.6. The fraction of sp³-hybridized carbons (Fsp3) is 0.583. The summed E-state index contributed by atoms with van der Waals surface area (Å²) in [5, 5.41) is 13.7. The highest BCUT2D eigenvalue weighted by Crippen LogP contribution is 2.41. The van der Waals surface area contributed by atoms with Crippen LogP contribution in [0.15, 0.2) is 42.9 Å². The van der Waals surface area contributed by atoms with Gasteiger partial charge < -0.3 is 20.2 Å². The number of sulfone groups is 1. The second kappa shape index (κ2) is 21.4. The molecule has 0 fully saturated rings. The Balaban J connectivity index is 0.00000185. The highest BCUT2D eigenvalue weighted by Gasteiger charge is 2.32. The van der Waals surface area contributed by atoms with Crippen LogP contribution in [0.5, 0.6) is 5.75 Å². The van der Waals surface area contributed by atoms with Crippen LogP contribution in [0, 0.1) is 0 Å². The minimum atomic E-state index is -3.05. The molecule has 1 aromatic carbocycles. The maximum absolute atomic E-state index is 11.8. The Hall–Kier alpha value is -3.40. The van der Waals surface area contributed by atoms with E-state index >= 15 is 0 Å². The number of hydrogen-bond donors (Lipinski definition) is 2. The molecule has 260 valence electrons. The zero-order valence-corrected chi connectivity index (χ0v) is 31.7. The third-order valence-electron chi connectivity index (χ3n) is 7.14. The number of aromatic nitrogens is 3. The van der Waals surface area contributed by atoms with Gasteiger partial charge in [0.1, 0.15) is 22.0 Å². The molecule has 2 aliphatic heterocycles. The third-order valence-corrected chi connectivity index (χ3v) is 8.07. The Morgan fingerprint density at radius 3 is 2.17 bits per heavy atom. The zero-order valence-electron chi connectivity index (χ0n) is 30.9. The summed E-state index contributed by atoms with van der Waals surface area (Å²) < 4.78 is 23.6. The van der Waals surface area contributed by atoms with E-state index in [4.69, 9.17) is 0 Å². The van der Waals surface area contributed by atoms with Crippen LogP contribution in [0.25, 0.3) is 0 Å². The summed E-state index contributed by atoms with van der Waals surface area (Å²) in [5.74, 6) is 1.61. The fourth-order valence-electron chi connectivity index (χ4n) is 5.03. The van der Waals surface area contributed by atoms with E-state index in [9.17, 15) is 13.5 Å². The number of benzene rings is 1. The summed E-state index contributed by atoms with van der Waals surface area (Å²) in [6.07, 6.45) is 6.20. The number of anilines is 4. The molecule has 0 spiro atoms. The molecular weight excluding hydrogens is 597 g/mol. The maximum Gasteiger partial charge on any atom is 0.171 e. The van der Waals surface area contributed by atoms with E-state index in [-0.39, 0.29) is 16.9 Å². The van der Waals surface area contributed by atoms with Crippen molar-refractivity contribution in [3.05, 3.63) is 59.7 Å². The largest absolute Gasteiger partial charge is 0.504 e. The second-order valence-electron chi connectivity index (χ2n) is 10.3. The van der Waals surface area contributed by atoms with Gasteiger partial charge in [0.2, 0.25) is 0 Å². The summed E-state index contributed by atoms with van der Waals surface area (Å²) in [6, 6.07) is 9.66. The van der Waals surface area contributed by atoms with Gasteiger partial charge in [-0.1, -0.05) is 89.2 Å². The van der Waals surface area contributed by atoms with Gasteiger partial charge in [0.15, 0.2) is 11.6 Å². The lowest BCUT2D eigenvalue weighted by atomic mass is 9.77. The van der Waals surface area contributed by atoms with Crippen molar-refractivity contribution in [1.29, 1.82) is 0 Å². The van der Waals surface area contributed by atoms with Crippen molar-refractivity contribution >= 4 is 32.8 Å². The van der Waals surface area contributed by atoms with Gasteiger partial charge in [-0.05, 0) is 48.1 Å². The van der Waals surface area contributed by atoms with Gasteiger partial charge in [0, 0.05) is 49.0 Å². The molecule has 5 rings (SSSR count). The Morgan fingerprint density at radius 1 is 0.913 bits per heavy atom. The number of nitrogens with zero attached hydrogens (tertiary/aromatic N) is 5. The molecule has 0 bridgehead atoms. The van der Waals surface area contributed by atoms with Gasteiger partial charge in [-0.2, -0.15) is 0 Å². The maximum atomic E-state index is 11.8. The average molecular weight is 659 g/mol. The molecule has 2 aliphatic rings. The molecule has 2 N–H and O–H groups in total. The van der Waals surface area contributed by atoms with Crippen LogP contribution >= 0.6 is 0 Å². The molecule has 0 atom stereocenters. The minimum absolute atomic E-state index is 0.0179. The van der Waals surface area contributed by atoms with Crippen LogP contribution in [0.3, 0.4) is 0 Å². The standard InChI is InChI=1S/C26H32N6O3S.5C2H6/c1-26(2)9-12-31(13-14-36(3,34)35)22-15-18(6-7-20(22)26)30-24-19-8-11-32(16-21(19)28-17-29-24)25-23(33)5-4-10-27-25;5*1-2/h4-7,10,15,17,33H,8-9,11-14,16H2,1-3H3,(H,28,29,30);5*1-2H3. The number of aromatic hydroxyl groups is 1. The zero-order chi connectivity index (χ0) is 35.5. The van der Waals surface area contributed by atoms with Crippen LogP contribution < -0.4 is 15.1 Å². The summed E-state index contributed by atoms with van der Waals surface area (Å²) in [7, 11) is -3.05. The van der Waals surface area contributed by atoms with Crippen LogP contribution in [-0.2, 0) is 28.2 Å². The molecule has 3 aromatic rings. The highest BCUT2D eigenvalue weighted by molar-refractivity contribution is 7.90. The summed E-state index contributed by atoms with van der Waals surface area (Å²) >= 11 is 0. The topological polar surface area (TPSA) is 112 Å². The molecule has 9 nitrogen and oxygen atoms in total. The van der Waals surface area contributed by atoms with Crippen molar-refractivity contribution in [3.8, 4) is 5.75 Å². The Bertz CT molecular complexity index is 1400. The van der Waals surface area contributed by atoms with Gasteiger partial charge >= 0.3 is 0 Å². The van der Waals surface area contributed by atoms with Crippen LogP contribution in [0.1, 0.15) is 106 Å². The first-order valence-corrected chi connectivity index (χ1v) is 19.2. The van der Waals surface area contributed by atoms with Crippen molar-refractivity contribution < 1.29 is 13.5 Å². The Kier molecular flexibility index (Phi) is 19.8. The van der Waals surface area contributed by atoms with Crippen LogP contribution in [-0.4, -0.2) is 60.1 Å². The predicted molar refractivity (Wildman–Crippen MR) is 199 cm³/mol. The lowest BCUT2D eigenvalue weighted by molar-refractivity contribution is 0.456. The highest BCUT2D eigenvalue weighted by atomic mass is 32.2.